The molecule has 0 amide bonds. The number of aliphatic hydroxyl groups is 2. The lowest BCUT2D eigenvalue weighted by atomic mass is 10.1. The quantitative estimate of drug-likeness (QED) is 0.776. The van der Waals surface area contributed by atoms with Crippen LogP contribution in [0.3, 0.4) is 0 Å². The van der Waals surface area contributed by atoms with E-state index in [1.54, 1.807) is 31.2 Å². The average Bonchev–Trinajstić information content (AvgIpc) is 2.60. The summed E-state index contributed by atoms with van der Waals surface area (Å²) in [5.74, 6) is -0.234. The molecule has 0 saturated heterocycles. The van der Waals surface area contributed by atoms with Gasteiger partial charge < -0.3 is 10.2 Å². The molecule has 0 aliphatic heterocycles. The first kappa shape index (κ1) is 11.5. The molecule has 1 aromatic rings. The van der Waals surface area contributed by atoms with E-state index in [1.807, 2.05) is 0 Å². The highest BCUT2D eigenvalue weighted by molar-refractivity contribution is 6.35. The van der Waals surface area contributed by atoms with Crippen LogP contribution in [-0.2, 0) is 0 Å². The zero-order chi connectivity index (χ0) is 12.4. The van der Waals surface area contributed by atoms with Crippen molar-refractivity contribution in [2.24, 2.45) is 4.99 Å². The second-order valence-electron chi connectivity index (χ2n) is 3.79. The van der Waals surface area contributed by atoms with Crippen LogP contribution in [-0.4, -0.2) is 34.9 Å². The van der Waals surface area contributed by atoms with Gasteiger partial charge in [-0.3, -0.25) is 9.79 Å². The summed E-state index contributed by atoms with van der Waals surface area (Å²) in [6.45, 7) is 1.81. The standard InChI is InChI=1S/C13H13NO3/c1-8(14-6-7-15)11-12(16)9-4-2-3-5-10(9)13(11)17/h2-5,15-16H,6-7H2,1H3. The van der Waals surface area contributed by atoms with Crippen LogP contribution in [0.2, 0.25) is 0 Å². The molecule has 4 heteroatoms. The van der Waals surface area contributed by atoms with Gasteiger partial charge in [0.25, 0.3) is 0 Å². The summed E-state index contributed by atoms with van der Waals surface area (Å²) < 4.78 is 0. The SMILES string of the molecule is CC(=NCCO)C1=C(O)c2ccccc2C1=O. The molecular formula is C13H13NO3. The Kier molecular flexibility index (Phi) is 3.06. The summed E-state index contributed by atoms with van der Waals surface area (Å²) in [5.41, 5.74) is 1.74. The number of benzene rings is 1. The molecule has 17 heavy (non-hydrogen) atoms. The van der Waals surface area contributed by atoms with Gasteiger partial charge >= 0.3 is 0 Å². The Hall–Kier alpha value is -1.94. The number of Topliss-reactive ketones (excluding diaryl/α,β-unsaturated/α-hetero) is 1. The van der Waals surface area contributed by atoms with E-state index >= 15 is 0 Å². The lowest BCUT2D eigenvalue weighted by Crippen LogP contribution is -2.08. The maximum Gasteiger partial charge on any atom is 0.199 e. The van der Waals surface area contributed by atoms with E-state index in [2.05, 4.69) is 4.99 Å². The molecule has 88 valence electrons. The van der Waals surface area contributed by atoms with Crippen molar-refractivity contribution in [3.8, 4) is 0 Å². The van der Waals surface area contributed by atoms with Crippen molar-refractivity contribution in [3.05, 3.63) is 41.0 Å². The van der Waals surface area contributed by atoms with Crippen molar-refractivity contribution in [2.45, 2.75) is 6.92 Å². The van der Waals surface area contributed by atoms with Gasteiger partial charge in [0.1, 0.15) is 5.76 Å². The van der Waals surface area contributed by atoms with Crippen LogP contribution in [0, 0.1) is 0 Å². The van der Waals surface area contributed by atoms with Crippen molar-refractivity contribution < 1.29 is 15.0 Å². The first-order valence-electron chi connectivity index (χ1n) is 5.36. The fraction of sp³-hybridized carbons (Fsp3) is 0.231. The monoisotopic (exact) mass is 231 g/mol. The fourth-order valence-corrected chi connectivity index (χ4v) is 1.90. The minimum absolute atomic E-state index is 0.0233. The second kappa shape index (κ2) is 4.51. The Morgan fingerprint density at radius 3 is 2.53 bits per heavy atom. The number of hydrogen-bond donors (Lipinski definition) is 2. The van der Waals surface area contributed by atoms with E-state index in [1.165, 1.54) is 0 Å². The van der Waals surface area contributed by atoms with E-state index in [9.17, 15) is 9.90 Å². The molecule has 0 radical (unpaired) electrons. The molecule has 0 atom stereocenters. The van der Waals surface area contributed by atoms with Gasteiger partial charge in [0.2, 0.25) is 0 Å². The highest BCUT2D eigenvalue weighted by atomic mass is 16.3. The smallest absolute Gasteiger partial charge is 0.199 e. The number of hydrogen-bond acceptors (Lipinski definition) is 4. The van der Waals surface area contributed by atoms with E-state index in [0.717, 1.165) is 0 Å². The number of allylic oxidation sites excluding steroid dienone is 1. The molecule has 1 aromatic carbocycles. The highest BCUT2D eigenvalue weighted by Gasteiger charge is 2.30. The topological polar surface area (TPSA) is 69.9 Å². The van der Waals surface area contributed by atoms with Crippen LogP contribution < -0.4 is 0 Å². The van der Waals surface area contributed by atoms with E-state index in [4.69, 9.17) is 5.11 Å². The molecule has 0 bridgehead atoms. The number of nitrogens with zero attached hydrogens (tertiary/aromatic N) is 1. The Morgan fingerprint density at radius 1 is 1.29 bits per heavy atom. The number of rotatable bonds is 3. The first-order chi connectivity index (χ1) is 8.16. The maximum absolute atomic E-state index is 12.1. The summed E-state index contributed by atoms with van der Waals surface area (Å²) in [4.78, 5) is 16.1. The fourth-order valence-electron chi connectivity index (χ4n) is 1.90. The van der Waals surface area contributed by atoms with Crippen LogP contribution in [0.1, 0.15) is 22.8 Å². The first-order valence-corrected chi connectivity index (χ1v) is 5.36. The van der Waals surface area contributed by atoms with E-state index in [0.29, 0.717) is 16.8 Å². The Morgan fingerprint density at radius 2 is 1.94 bits per heavy atom. The molecule has 0 heterocycles. The van der Waals surface area contributed by atoms with Crippen LogP contribution in [0.4, 0.5) is 0 Å². The molecule has 2 N–H and O–H groups in total. The van der Waals surface area contributed by atoms with Gasteiger partial charge in [-0.15, -0.1) is 0 Å². The molecule has 0 spiro atoms. The minimum Gasteiger partial charge on any atom is -0.506 e. The van der Waals surface area contributed by atoms with Crippen molar-refractivity contribution in [1.82, 2.24) is 0 Å². The predicted octanol–water partition coefficient (Wildman–Crippen LogP) is 1.61. The summed E-state index contributed by atoms with van der Waals surface area (Å²) in [6.07, 6.45) is 0. The molecule has 0 aromatic heterocycles. The van der Waals surface area contributed by atoms with Crippen molar-refractivity contribution in [3.63, 3.8) is 0 Å². The van der Waals surface area contributed by atoms with Crippen LogP contribution >= 0.6 is 0 Å². The summed E-state index contributed by atoms with van der Waals surface area (Å²) >= 11 is 0. The molecule has 0 fully saturated rings. The molecule has 0 unspecified atom stereocenters. The Balaban J connectivity index is 2.45. The maximum atomic E-state index is 12.1. The van der Waals surface area contributed by atoms with Crippen LogP contribution in [0.25, 0.3) is 5.76 Å². The molecule has 1 aliphatic rings. The van der Waals surface area contributed by atoms with Gasteiger partial charge in [-0.05, 0) is 6.92 Å². The van der Waals surface area contributed by atoms with Gasteiger partial charge in [-0.1, -0.05) is 24.3 Å². The third-order valence-corrected chi connectivity index (χ3v) is 2.70. The van der Waals surface area contributed by atoms with Gasteiger partial charge in [0.15, 0.2) is 5.78 Å². The lowest BCUT2D eigenvalue weighted by Gasteiger charge is -2.00. The van der Waals surface area contributed by atoms with Gasteiger partial charge in [0, 0.05) is 16.8 Å². The third kappa shape index (κ3) is 1.87. The van der Waals surface area contributed by atoms with Gasteiger partial charge in [-0.2, -0.15) is 0 Å². The van der Waals surface area contributed by atoms with Crippen molar-refractivity contribution >= 4 is 17.3 Å². The third-order valence-electron chi connectivity index (χ3n) is 2.70. The highest BCUT2D eigenvalue weighted by Crippen LogP contribution is 2.31. The van der Waals surface area contributed by atoms with Gasteiger partial charge in [0.05, 0.1) is 18.7 Å². The molecule has 2 rings (SSSR count). The number of ketones is 1. The van der Waals surface area contributed by atoms with Crippen LogP contribution in [0.15, 0.2) is 34.8 Å². The summed E-state index contributed by atoms with van der Waals surface area (Å²) in [5, 5.41) is 18.7. The average molecular weight is 231 g/mol. The molecular weight excluding hydrogens is 218 g/mol. The minimum atomic E-state index is -0.211. The summed E-state index contributed by atoms with van der Waals surface area (Å²) in [7, 11) is 0. The predicted molar refractivity (Wildman–Crippen MR) is 65.4 cm³/mol. The normalized spacial score (nSPS) is 15.4. The van der Waals surface area contributed by atoms with Crippen molar-refractivity contribution in [2.75, 3.05) is 13.2 Å². The zero-order valence-corrected chi connectivity index (χ0v) is 9.47. The Labute approximate surface area is 98.9 Å². The van der Waals surface area contributed by atoms with E-state index < -0.39 is 0 Å². The van der Waals surface area contributed by atoms with Crippen molar-refractivity contribution in [1.29, 1.82) is 0 Å². The number of carbonyl (C=O) groups excluding carboxylic acids is 1. The molecule has 1 aliphatic carbocycles. The van der Waals surface area contributed by atoms with Gasteiger partial charge in [-0.25, -0.2) is 0 Å². The number of carbonyl (C=O) groups is 1. The molecule has 4 nitrogen and oxygen atoms in total. The zero-order valence-electron chi connectivity index (χ0n) is 9.47. The number of aliphatic imine (C=N–C) groups is 1. The molecule has 0 saturated carbocycles. The number of fused-ring (bicyclic) bond motifs is 1. The number of aliphatic hydroxyl groups excluding tert-OH is 2. The lowest BCUT2D eigenvalue weighted by molar-refractivity contribution is 0.104. The van der Waals surface area contributed by atoms with Crippen LogP contribution in [0.5, 0.6) is 0 Å². The Bertz CT molecular complexity index is 529. The summed E-state index contributed by atoms with van der Waals surface area (Å²) in [6, 6.07) is 6.91. The second-order valence-corrected chi connectivity index (χ2v) is 3.79. The van der Waals surface area contributed by atoms with E-state index in [-0.39, 0.29) is 30.3 Å². The largest absolute Gasteiger partial charge is 0.506 e.